The molecule has 1 aromatic heterocycles. The van der Waals surface area contributed by atoms with E-state index in [1.165, 1.54) is 0 Å². The summed E-state index contributed by atoms with van der Waals surface area (Å²) in [6.07, 6.45) is 3.53. The second-order valence-electron chi connectivity index (χ2n) is 3.96. The Morgan fingerprint density at radius 1 is 1.46 bits per heavy atom. The fourth-order valence-electron chi connectivity index (χ4n) is 0.794. The molecule has 0 N–H and O–H groups in total. The van der Waals surface area contributed by atoms with Crippen molar-refractivity contribution in [2.45, 2.75) is 20.8 Å². The van der Waals surface area contributed by atoms with E-state index in [1.54, 1.807) is 17.4 Å². The maximum absolute atomic E-state index is 11.5. The van der Waals surface area contributed by atoms with E-state index in [4.69, 9.17) is 0 Å². The van der Waals surface area contributed by atoms with E-state index in [9.17, 15) is 4.79 Å². The Morgan fingerprint density at radius 2 is 2.15 bits per heavy atom. The largest absolute Gasteiger partial charge is 0.294 e. The van der Waals surface area contributed by atoms with Gasteiger partial charge in [-0.1, -0.05) is 26.8 Å². The number of carbonyl (C=O) groups excluding carboxylic acids is 1. The van der Waals surface area contributed by atoms with Crippen molar-refractivity contribution in [1.29, 1.82) is 0 Å². The first kappa shape index (κ1) is 10.2. The summed E-state index contributed by atoms with van der Waals surface area (Å²) in [6.45, 7) is 5.77. The Morgan fingerprint density at radius 3 is 2.62 bits per heavy atom. The van der Waals surface area contributed by atoms with E-state index in [2.05, 4.69) is 0 Å². The van der Waals surface area contributed by atoms with E-state index in [0.29, 0.717) is 0 Å². The number of allylic oxidation sites excluding steroid dienone is 1. The van der Waals surface area contributed by atoms with Crippen molar-refractivity contribution in [2.24, 2.45) is 5.41 Å². The first-order valence-electron chi connectivity index (χ1n) is 4.26. The fourth-order valence-corrected chi connectivity index (χ4v) is 1.41. The van der Waals surface area contributed by atoms with Crippen LogP contribution in [0.2, 0.25) is 0 Å². The zero-order chi connectivity index (χ0) is 9.90. The Bertz CT molecular complexity index is 301. The van der Waals surface area contributed by atoms with Gasteiger partial charge in [0.25, 0.3) is 0 Å². The van der Waals surface area contributed by atoms with Crippen LogP contribution in [-0.4, -0.2) is 5.78 Å². The first-order valence-corrected chi connectivity index (χ1v) is 5.14. The number of rotatable bonds is 2. The molecule has 0 unspecified atom stereocenters. The number of ketones is 1. The molecule has 1 rings (SSSR count). The van der Waals surface area contributed by atoms with Crippen LogP contribution >= 0.6 is 11.3 Å². The van der Waals surface area contributed by atoms with E-state index >= 15 is 0 Å². The van der Waals surface area contributed by atoms with Crippen molar-refractivity contribution in [3.8, 4) is 0 Å². The van der Waals surface area contributed by atoms with E-state index in [0.717, 1.165) is 4.88 Å². The summed E-state index contributed by atoms with van der Waals surface area (Å²) in [7, 11) is 0. The molecular weight excluding hydrogens is 180 g/mol. The van der Waals surface area contributed by atoms with Crippen molar-refractivity contribution in [3.05, 3.63) is 28.5 Å². The molecule has 0 aromatic carbocycles. The van der Waals surface area contributed by atoms with Gasteiger partial charge in [-0.2, -0.15) is 0 Å². The molecule has 0 aliphatic rings. The Kier molecular flexibility index (Phi) is 3.04. The normalized spacial score (nSPS) is 12.2. The fraction of sp³-hybridized carbons (Fsp3) is 0.364. The van der Waals surface area contributed by atoms with E-state index in [1.807, 2.05) is 44.4 Å². The predicted octanol–water partition coefficient (Wildman–Crippen LogP) is 3.38. The maximum atomic E-state index is 11.5. The van der Waals surface area contributed by atoms with Gasteiger partial charge in [0.2, 0.25) is 0 Å². The van der Waals surface area contributed by atoms with Crippen LogP contribution in [0, 0.1) is 5.41 Å². The van der Waals surface area contributed by atoms with Crippen molar-refractivity contribution in [2.75, 3.05) is 0 Å². The average Bonchev–Trinajstić information content (AvgIpc) is 2.50. The number of hydrogen-bond acceptors (Lipinski definition) is 2. The highest BCUT2D eigenvalue weighted by molar-refractivity contribution is 7.10. The van der Waals surface area contributed by atoms with Crippen LogP contribution < -0.4 is 0 Å². The number of thiophene rings is 1. The lowest BCUT2D eigenvalue weighted by Crippen LogP contribution is -2.17. The number of hydrogen-bond donors (Lipinski definition) is 0. The molecule has 70 valence electrons. The molecule has 0 atom stereocenters. The highest BCUT2D eigenvalue weighted by Gasteiger charge is 2.17. The van der Waals surface area contributed by atoms with E-state index in [-0.39, 0.29) is 11.2 Å². The minimum absolute atomic E-state index is 0.168. The summed E-state index contributed by atoms with van der Waals surface area (Å²) in [5.74, 6) is 0.168. The highest BCUT2D eigenvalue weighted by Crippen LogP contribution is 2.17. The molecule has 1 heterocycles. The summed E-state index contributed by atoms with van der Waals surface area (Å²) < 4.78 is 0. The highest BCUT2D eigenvalue weighted by atomic mass is 32.1. The Hall–Kier alpha value is -0.890. The molecule has 1 aromatic rings. The average molecular weight is 194 g/mol. The molecule has 0 aliphatic carbocycles. The zero-order valence-electron chi connectivity index (χ0n) is 8.20. The molecular formula is C11H14OS. The van der Waals surface area contributed by atoms with Gasteiger partial charge in [0.1, 0.15) is 0 Å². The molecule has 2 heteroatoms. The van der Waals surface area contributed by atoms with Gasteiger partial charge in [0.15, 0.2) is 5.78 Å². The summed E-state index contributed by atoms with van der Waals surface area (Å²) in [5.41, 5.74) is -0.270. The van der Waals surface area contributed by atoms with Crippen molar-refractivity contribution in [3.63, 3.8) is 0 Å². The molecule has 0 aliphatic heterocycles. The third-order valence-corrected chi connectivity index (χ3v) is 2.52. The smallest absolute Gasteiger partial charge is 0.161 e. The first-order chi connectivity index (χ1) is 6.00. The standard InChI is InChI=1S/C11H14OS/c1-11(2,3)10(12)7-6-9-5-4-8-13-9/h4-8H,1-3H3/b7-6+. The molecule has 0 spiro atoms. The van der Waals surface area contributed by atoms with Crippen LogP contribution in [0.25, 0.3) is 6.08 Å². The van der Waals surface area contributed by atoms with Gasteiger partial charge >= 0.3 is 0 Å². The van der Waals surface area contributed by atoms with Crippen LogP contribution in [0.3, 0.4) is 0 Å². The quantitative estimate of drug-likeness (QED) is 0.660. The SMILES string of the molecule is CC(C)(C)C(=O)/C=C/c1cccs1. The van der Waals surface area contributed by atoms with Crippen LogP contribution in [0.15, 0.2) is 23.6 Å². The van der Waals surface area contributed by atoms with Gasteiger partial charge in [0.05, 0.1) is 0 Å². The summed E-state index contributed by atoms with van der Waals surface area (Å²) in [6, 6.07) is 3.98. The van der Waals surface area contributed by atoms with Crippen LogP contribution in [0.4, 0.5) is 0 Å². The second kappa shape index (κ2) is 3.88. The lowest BCUT2D eigenvalue weighted by molar-refractivity contribution is -0.121. The molecule has 13 heavy (non-hydrogen) atoms. The van der Waals surface area contributed by atoms with Gasteiger partial charge in [-0.15, -0.1) is 11.3 Å². The zero-order valence-corrected chi connectivity index (χ0v) is 9.02. The van der Waals surface area contributed by atoms with Gasteiger partial charge in [-0.3, -0.25) is 4.79 Å². The Balaban J connectivity index is 2.65. The van der Waals surface area contributed by atoms with Crippen molar-refractivity contribution < 1.29 is 4.79 Å². The summed E-state index contributed by atoms with van der Waals surface area (Å²) >= 11 is 1.64. The van der Waals surface area contributed by atoms with E-state index < -0.39 is 0 Å². The van der Waals surface area contributed by atoms with Gasteiger partial charge in [-0.05, 0) is 23.6 Å². The van der Waals surface area contributed by atoms with Crippen LogP contribution in [-0.2, 0) is 4.79 Å². The third kappa shape index (κ3) is 3.15. The summed E-state index contributed by atoms with van der Waals surface area (Å²) in [4.78, 5) is 12.6. The topological polar surface area (TPSA) is 17.1 Å². The van der Waals surface area contributed by atoms with Crippen LogP contribution in [0.5, 0.6) is 0 Å². The molecule has 0 amide bonds. The van der Waals surface area contributed by atoms with Gasteiger partial charge in [0, 0.05) is 10.3 Å². The minimum Gasteiger partial charge on any atom is -0.294 e. The molecule has 1 nitrogen and oxygen atoms in total. The summed E-state index contributed by atoms with van der Waals surface area (Å²) in [5, 5.41) is 2.00. The monoisotopic (exact) mass is 194 g/mol. The predicted molar refractivity (Wildman–Crippen MR) is 57.8 cm³/mol. The number of carbonyl (C=O) groups is 1. The van der Waals surface area contributed by atoms with Crippen molar-refractivity contribution in [1.82, 2.24) is 0 Å². The van der Waals surface area contributed by atoms with Crippen molar-refractivity contribution >= 4 is 23.2 Å². The lowest BCUT2D eigenvalue weighted by Gasteiger charge is -2.12. The molecule has 0 saturated heterocycles. The molecule has 0 radical (unpaired) electrons. The molecule has 0 saturated carbocycles. The lowest BCUT2D eigenvalue weighted by atomic mass is 9.91. The van der Waals surface area contributed by atoms with Crippen LogP contribution in [0.1, 0.15) is 25.6 Å². The molecule has 0 fully saturated rings. The molecule has 0 bridgehead atoms. The minimum atomic E-state index is -0.270. The Labute approximate surface area is 83.1 Å². The third-order valence-electron chi connectivity index (χ3n) is 1.68. The van der Waals surface area contributed by atoms with Gasteiger partial charge in [-0.25, -0.2) is 0 Å². The second-order valence-corrected chi connectivity index (χ2v) is 4.94. The van der Waals surface area contributed by atoms with Gasteiger partial charge < -0.3 is 0 Å². The maximum Gasteiger partial charge on any atom is 0.161 e.